The first-order valence-electron chi connectivity index (χ1n) is 7.12. The average molecular weight is 276 g/mol. The monoisotopic (exact) mass is 276 g/mol. The molecule has 0 aromatic heterocycles. The van der Waals surface area contributed by atoms with E-state index in [1.807, 2.05) is 6.92 Å². The van der Waals surface area contributed by atoms with Gasteiger partial charge in [-0.15, -0.1) is 0 Å². The van der Waals surface area contributed by atoms with Crippen LogP contribution in [0.15, 0.2) is 29.3 Å². The Labute approximate surface area is 120 Å². The molecule has 0 aliphatic heterocycles. The number of hydrogen-bond donors (Lipinski definition) is 3. The van der Waals surface area contributed by atoms with Gasteiger partial charge in [0.2, 0.25) is 5.96 Å². The molecular weight excluding hydrogens is 252 g/mol. The van der Waals surface area contributed by atoms with Gasteiger partial charge in [-0.2, -0.15) is 0 Å². The first-order chi connectivity index (χ1) is 9.74. The van der Waals surface area contributed by atoms with Crippen molar-refractivity contribution in [2.75, 3.05) is 13.7 Å². The lowest BCUT2D eigenvalue weighted by Gasteiger charge is -2.24. The minimum absolute atomic E-state index is 0.161. The number of methoxy groups -OCH3 is 1. The van der Waals surface area contributed by atoms with Crippen molar-refractivity contribution in [1.29, 1.82) is 0 Å². The summed E-state index contributed by atoms with van der Waals surface area (Å²) in [7, 11) is 1.68. The predicted octanol–water partition coefficient (Wildman–Crippen LogP) is 1.51. The molecule has 1 aliphatic carbocycles. The van der Waals surface area contributed by atoms with E-state index in [-0.39, 0.29) is 12.1 Å². The number of hydrazine groups is 1. The van der Waals surface area contributed by atoms with Crippen LogP contribution in [0, 0.1) is 0 Å². The lowest BCUT2D eigenvalue weighted by molar-refractivity contribution is 0.179. The van der Waals surface area contributed by atoms with Crippen LogP contribution < -0.4 is 16.6 Å². The maximum absolute atomic E-state index is 5.57. The summed E-state index contributed by atoms with van der Waals surface area (Å²) in [5, 5.41) is 3.23. The molecule has 110 valence electrons. The summed E-state index contributed by atoms with van der Waals surface area (Å²) in [6.07, 6.45) is 3.36. The van der Waals surface area contributed by atoms with Crippen molar-refractivity contribution in [3.63, 3.8) is 0 Å². The number of ether oxygens (including phenoxy) is 1. The smallest absolute Gasteiger partial charge is 0.206 e. The fraction of sp³-hybridized carbons (Fsp3) is 0.533. The number of guanidine groups is 1. The van der Waals surface area contributed by atoms with Crippen LogP contribution in [-0.2, 0) is 11.2 Å². The molecule has 5 heteroatoms. The Morgan fingerprint density at radius 2 is 2.30 bits per heavy atom. The van der Waals surface area contributed by atoms with Crippen molar-refractivity contribution in [3.05, 3.63) is 35.4 Å². The molecule has 0 spiro atoms. The molecule has 1 aromatic carbocycles. The zero-order valence-electron chi connectivity index (χ0n) is 12.2. The number of aryl methyl sites for hydroxylation is 1. The Bertz CT molecular complexity index is 461. The van der Waals surface area contributed by atoms with E-state index in [9.17, 15) is 0 Å². The molecule has 0 fully saturated rings. The molecule has 20 heavy (non-hydrogen) atoms. The number of nitrogens with zero attached hydrogens (tertiary/aromatic N) is 1. The molecule has 0 saturated carbocycles. The minimum atomic E-state index is 0.161. The molecular formula is C15H24N4O. The fourth-order valence-electron chi connectivity index (χ4n) is 2.66. The van der Waals surface area contributed by atoms with Gasteiger partial charge in [-0.1, -0.05) is 24.3 Å². The van der Waals surface area contributed by atoms with E-state index in [1.165, 1.54) is 11.1 Å². The second kappa shape index (κ2) is 7.26. The van der Waals surface area contributed by atoms with Crippen LogP contribution >= 0.6 is 0 Å². The van der Waals surface area contributed by atoms with E-state index in [1.54, 1.807) is 7.11 Å². The van der Waals surface area contributed by atoms with Gasteiger partial charge < -0.3 is 10.1 Å². The van der Waals surface area contributed by atoms with Gasteiger partial charge in [0.05, 0.1) is 12.6 Å². The molecule has 2 unspecified atom stereocenters. The van der Waals surface area contributed by atoms with Crippen LogP contribution in [0.5, 0.6) is 0 Å². The van der Waals surface area contributed by atoms with Crippen LogP contribution in [0.4, 0.5) is 0 Å². The van der Waals surface area contributed by atoms with E-state index in [0.29, 0.717) is 12.6 Å². The summed E-state index contributed by atoms with van der Waals surface area (Å²) in [6.45, 7) is 2.65. The molecule has 1 aromatic rings. The van der Waals surface area contributed by atoms with Gasteiger partial charge in [-0.25, -0.2) is 10.8 Å². The number of benzene rings is 1. The van der Waals surface area contributed by atoms with Gasteiger partial charge in [0.1, 0.15) is 0 Å². The molecule has 0 saturated heterocycles. The zero-order valence-corrected chi connectivity index (χ0v) is 12.2. The third-order valence-electron chi connectivity index (χ3n) is 3.56. The minimum Gasteiger partial charge on any atom is -0.383 e. The largest absolute Gasteiger partial charge is 0.383 e. The van der Waals surface area contributed by atoms with Crippen molar-refractivity contribution in [2.24, 2.45) is 10.8 Å². The van der Waals surface area contributed by atoms with Gasteiger partial charge in [-0.05, 0) is 37.3 Å². The standard InChI is InChI=1S/C15H24N4O/c1-11(10-20-2)17-15(19-16)18-14-9-5-7-12-6-3-4-8-13(12)14/h3-4,6,8,11,14H,5,7,9-10,16H2,1-2H3,(H2,17,18,19). The van der Waals surface area contributed by atoms with Gasteiger partial charge >= 0.3 is 0 Å². The first kappa shape index (κ1) is 14.8. The third kappa shape index (κ3) is 3.71. The van der Waals surface area contributed by atoms with E-state index < -0.39 is 0 Å². The first-order valence-corrected chi connectivity index (χ1v) is 7.12. The topological polar surface area (TPSA) is 71.7 Å². The number of nitrogens with two attached hydrogens (primary N) is 1. The summed E-state index contributed by atoms with van der Waals surface area (Å²) in [5.74, 6) is 6.19. The summed E-state index contributed by atoms with van der Waals surface area (Å²) in [4.78, 5) is 4.73. The van der Waals surface area contributed by atoms with Crippen LogP contribution in [0.25, 0.3) is 0 Å². The highest BCUT2D eigenvalue weighted by atomic mass is 16.5. The van der Waals surface area contributed by atoms with E-state index >= 15 is 0 Å². The van der Waals surface area contributed by atoms with Crippen molar-refractivity contribution in [3.8, 4) is 0 Å². The molecule has 1 aliphatic rings. The van der Waals surface area contributed by atoms with Crippen molar-refractivity contribution in [2.45, 2.75) is 38.3 Å². The quantitative estimate of drug-likeness (QED) is 0.337. The summed E-state index contributed by atoms with van der Waals surface area (Å²) < 4.78 is 5.11. The number of rotatable bonds is 4. The molecule has 4 N–H and O–H groups in total. The van der Waals surface area contributed by atoms with Crippen molar-refractivity contribution in [1.82, 2.24) is 10.7 Å². The molecule has 0 amide bonds. The molecule has 0 radical (unpaired) electrons. The average Bonchev–Trinajstić information content (AvgIpc) is 2.47. The number of fused-ring (bicyclic) bond motifs is 1. The third-order valence-corrected chi connectivity index (χ3v) is 3.56. The number of aliphatic imine (C=N–C) groups is 1. The lowest BCUT2D eigenvalue weighted by Crippen LogP contribution is -2.47. The Morgan fingerprint density at radius 3 is 3.05 bits per heavy atom. The molecule has 2 atom stereocenters. The second-order valence-corrected chi connectivity index (χ2v) is 5.23. The zero-order chi connectivity index (χ0) is 14.4. The van der Waals surface area contributed by atoms with Crippen LogP contribution in [-0.4, -0.2) is 25.7 Å². The summed E-state index contributed by atoms with van der Waals surface area (Å²) >= 11 is 0. The number of nitrogens with one attached hydrogen (secondary N) is 2. The Kier molecular flexibility index (Phi) is 5.38. The lowest BCUT2D eigenvalue weighted by atomic mass is 9.88. The van der Waals surface area contributed by atoms with E-state index in [2.05, 4.69) is 35.0 Å². The van der Waals surface area contributed by atoms with E-state index in [4.69, 9.17) is 15.6 Å². The molecule has 2 rings (SSSR count). The molecule has 0 bridgehead atoms. The Hall–Kier alpha value is -1.59. The highest BCUT2D eigenvalue weighted by Crippen LogP contribution is 2.32. The van der Waals surface area contributed by atoms with Gasteiger partial charge in [0.25, 0.3) is 0 Å². The maximum Gasteiger partial charge on any atom is 0.206 e. The van der Waals surface area contributed by atoms with Crippen LogP contribution in [0.2, 0.25) is 0 Å². The van der Waals surface area contributed by atoms with Gasteiger partial charge in [-0.3, -0.25) is 5.43 Å². The molecule has 0 heterocycles. The highest BCUT2D eigenvalue weighted by molar-refractivity contribution is 5.79. The Morgan fingerprint density at radius 1 is 1.50 bits per heavy atom. The highest BCUT2D eigenvalue weighted by Gasteiger charge is 2.19. The fourth-order valence-corrected chi connectivity index (χ4v) is 2.66. The van der Waals surface area contributed by atoms with Crippen LogP contribution in [0.3, 0.4) is 0 Å². The van der Waals surface area contributed by atoms with Crippen molar-refractivity contribution < 1.29 is 4.74 Å². The second-order valence-electron chi connectivity index (χ2n) is 5.23. The summed E-state index contributed by atoms with van der Waals surface area (Å²) in [6, 6.07) is 8.85. The predicted molar refractivity (Wildman–Crippen MR) is 81.4 cm³/mol. The van der Waals surface area contributed by atoms with Crippen LogP contribution in [0.1, 0.15) is 36.9 Å². The van der Waals surface area contributed by atoms with Gasteiger partial charge in [0, 0.05) is 13.2 Å². The molecule has 5 nitrogen and oxygen atoms in total. The van der Waals surface area contributed by atoms with E-state index in [0.717, 1.165) is 19.3 Å². The Balaban J connectivity index is 2.12. The normalized spacial score (nSPS) is 20.1. The summed E-state index contributed by atoms with van der Waals surface area (Å²) in [5.41, 5.74) is 5.36. The van der Waals surface area contributed by atoms with Crippen molar-refractivity contribution >= 4 is 5.96 Å². The SMILES string of the molecule is COCC(C)NC(=NC1CCCc2ccccc21)NN. The van der Waals surface area contributed by atoms with Gasteiger partial charge in [0.15, 0.2) is 0 Å². The number of hydrogen-bond acceptors (Lipinski definition) is 3. The maximum atomic E-state index is 5.57.